The largest absolute Gasteiger partial charge is 0.497 e. The predicted molar refractivity (Wildman–Crippen MR) is 123 cm³/mol. The first kappa shape index (κ1) is 22.7. The number of carbonyl (C=O) groups is 1. The summed E-state index contributed by atoms with van der Waals surface area (Å²) in [5, 5.41) is 0. The summed E-state index contributed by atoms with van der Waals surface area (Å²) in [5.41, 5.74) is 2.59. The molecule has 0 aliphatic carbocycles. The fourth-order valence-corrected chi connectivity index (χ4v) is 4.01. The number of piperazine rings is 1. The Morgan fingerprint density at radius 1 is 1.00 bits per heavy atom. The number of aryl methyl sites for hydroxylation is 1. The molecule has 1 aliphatic rings. The Morgan fingerprint density at radius 2 is 1.82 bits per heavy atom. The van der Waals surface area contributed by atoms with Crippen LogP contribution in [0.15, 0.2) is 46.9 Å². The van der Waals surface area contributed by atoms with Crippen LogP contribution in [0.2, 0.25) is 0 Å². The molecular weight excluding hydrogens is 422 g/mol. The molecule has 1 amide bonds. The maximum atomic E-state index is 12.8. The molecule has 8 nitrogen and oxygen atoms in total. The minimum atomic E-state index is 0.0971. The smallest absolute Gasteiger partial charge is 0.237 e. The molecule has 2 heterocycles. The number of ether oxygens (including phenoxy) is 3. The van der Waals surface area contributed by atoms with Crippen molar-refractivity contribution in [2.24, 2.45) is 0 Å². The summed E-state index contributed by atoms with van der Waals surface area (Å²) in [7, 11) is 4.83. The van der Waals surface area contributed by atoms with Gasteiger partial charge in [-0.2, -0.15) is 0 Å². The van der Waals surface area contributed by atoms with Crippen molar-refractivity contribution in [3.8, 4) is 28.7 Å². The average molecular weight is 452 g/mol. The van der Waals surface area contributed by atoms with Gasteiger partial charge in [0.1, 0.15) is 11.5 Å². The monoisotopic (exact) mass is 451 g/mol. The van der Waals surface area contributed by atoms with Crippen molar-refractivity contribution in [3.63, 3.8) is 0 Å². The number of amides is 1. The number of nitrogens with zero attached hydrogens (tertiary/aromatic N) is 3. The van der Waals surface area contributed by atoms with Crippen molar-refractivity contribution in [1.29, 1.82) is 0 Å². The molecular formula is C25H29N3O5. The van der Waals surface area contributed by atoms with Gasteiger partial charge in [-0.15, -0.1) is 0 Å². The molecule has 2 aromatic carbocycles. The highest BCUT2D eigenvalue weighted by molar-refractivity contribution is 5.79. The van der Waals surface area contributed by atoms with E-state index in [0.29, 0.717) is 43.6 Å². The highest BCUT2D eigenvalue weighted by Gasteiger charge is 2.26. The number of rotatable bonds is 8. The van der Waals surface area contributed by atoms with Crippen molar-refractivity contribution in [3.05, 3.63) is 59.5 Å². The van der Waals surface area contributed by atoms with Gasteiger partial charge < -0.3 is 23.5 Å². The van der Waals surface area contributed by atoms with E-state index < -0.39 is 0 Å². The maximum absolute atomic E-state index is 12.8. The Bertz CT molecular complexity index is 1130. The summed E-state index contributed by atoms with van der Waals surface area (Å²) in [6.45, 7) is 4.77. The number of hydrogen-bond donors (Lipinski definition) is 0. The number of benzene rings is 2. The van der Waals surface area contributed by atoms with Crippen LogP contribution < -0.4 is 14.2 Å². The third kappa shape index (κ3) is 4.96. The van der Waals surface area contributed by atoms with Crippen molar-refractivity contribution in [2.75, 3.05) is 41.0 Å². The Hall–Kier alpha value is -3.52. The van der Waals surface area contributed by atoms with E-state index in [1.165, 1.54) is 0 Å². The molecule has 1 fully saturated rings. The third-order valence-corrected chi connectivity index (χ3v) is 5.80. The van der Waals surface area contributed by atoms with Crippen LogP contribution in [0.3, 0.4) is 0 Å². The first-order chi connectivity index (χ1) is 16.0. The SMILES string of the molecule is COc1cccc(CN2CCN(Cc3nc(-c4cccc(OC)c4OC)oc3C)CC2=O)c1. The summed E-state index contributed by atoms with van der Waals surface area (Å²) >= 11 is 0. The van der Waals surface area contributed by atoms with Gasteiger partial charge in [-0.25, -0.2) is 4.98 Å². The summed E-state index contributed by atoms with van der Waals surface area (Å²) in [5.74, 6) is 3.28. The van der Waals surface area contributed by atoms with Crippen LogP contribution in [0.25, 0.3) is 11.5 Å². The van der Waals surface area contributed by atoms with E-state index in [4.69, 9.17) is 23.6 Å². The van der Waals surface area contributed by atoms with Crippen molar-refractivity contribution in [1.82, 2.24) is 14.8 Å². The number of aromatic nitrogens is 1. The average Bonchev–Trinajstić information content (AvgIpc) is 3.20. The molecule has 1 aliphatic heterocycles. The standard InChI is InChI=1S/C25H29N3O5/c1-17-21(26-25(33-17)20-9-6-10-22(31-3)24(20)32-4)15-27-11-12-28(23(29)16-27)14-18-7-5-8-19(13-18)30-2/h5-10,13H,11-12,14-16H2,1-4H3. The molecule has 8 heteroatoms. The molecule has 1 aromatic heterocycles. The normalized spacial score (nSPS) is 14.4. The minimum Gasteiger partial charge on any atom is -0.497 e. The zero-order chi connectivity index (χ0) is 23.4. The van der Waals surface area contributed by atoms with Gasteiger partial charge in [-0.05, 0) is 36.8 Å². The summed E-state index contributed by atoms with van der Waals surface area (Å²) in [6, 6.07) is 13.4. The summed E-state index contributed by atoms with van der Waals surface area (Å²) in [6.07, 6.45) is 0. The van der Waals surface area contributed by atoms with Gasteiger partial charge in [-0.3, -0.25) is 9.69 Å². The Balaban J connectivity index is 1.43. The molecule has 0 N–H and O–H groups in total. The predicted octanol–water partition coefficient (Wildman–Crippen LogP) is 3.52. The van der Waals surface area contributed by atoms with E-state index in [2.05, 4.69) is 4.90 Å². The fraction of sp³-hybridized carbons (Fsp3) is 0.360. The van der Waals surface area contributed by atoms with Crippen LogP contribution in [-0.4, -0.2) is 61.7 Å². The van der Waals surface area contributed by atoms with Crippen LogP contribution >= 0.6 is 0 Å². The first-order valence-corrected chi connectivity index (χ1v) is 10.8. The minimum absolute atomic E-state index is 0.0971. The quantitative estimate of drug-likeness (QED) is 0.519. The maximum Gasteiger partial charge on any atom is 0.237 e. The van der Waals surface area contributed by atoms with Crippen LogP contribution in [0, 0.1) is 6.92 Å². The second-order valence-corrected chi connectivity index (χ2v) is 7.94. The van der Waals surface area contributed by atoms with E-state index in [0.717, 1.165) is 34.9 Å². The highest BCUT2D eigenvalue weighted by atomic mass is 16.5. The Labute approximate surface area is 193 Å². The lowest BCUT2D eigenvalue weighted by Crippen LogP contribution is -2.49. The van der Waals surface area contributed by atoms with Gasteiger partial charge in [0.2, 0.25) is 11.8 Å². The second kappa shape index (κ2) is 9.95. The zero-order valence-electron chi connectivity index (χ0n) is 19.5. The topological polar surface area (TPSA) is 77.3 Å². The number of methoxy groups -OCH3 is 3. The second-order valence-electron chi connectivity index (χ2n) is 7.94. The van der Waals surface area contributed by atoms with Crippen LogP contribution in [0.1, 0.15) is 17.0 Å². The van der Waals surface area contributed by atoms with Gasteiger partial charge in [0.25, 0.3) is 0 Å². The molecule has 174 valence electrons. The summed E-state index contributed by atoms with van der Waals surface area (Å²) < 4.78 is 22.1. The third-order valence-electron chi connectivity index (χ3n) is 5.80. The molecule has 0 unspecified atom stereocenters. The van der Waals surface area contributed by atoms with E-state index in [9.17, 15) is 4.79 Å². The molecule has 0 bridgehead atoms. The molecule has 0 atom stereocenters. The number of carbonyl (C=O) groups excluding carboxylic acids is 1. The first-order valence-electron chi connectivity index (χ1n) is 10.8. The lowest BCUT2D eigenvalue weighted by atomic mass is 10.1. The lowest BCUT2D eigenvalue weighted by Gasteiger charge is -2.34. The van der Waals surface area contributed by atoms with Crippen molar-refractivity contribution in [2.45, 2.75) is 20.0 Å². The number of hydrogen-bond acceptors (Lipinski definition) is 7. The molecule has 0 radical (unpaired) electrons. The molecule has 1 saturated heterocycles. The molecule has 33 heavy (non-hydrogen) atoms. The van der Waals surface area contributed by atoms with Crippen LogP contribution in [0.5, 0.6) is 17.2 Å². The van der Waals surface area contributed by atoms with Gasteiger partial charge in [0.05, 0.1) is 39.1 Å². The molecule has 4 rings (SSSR count). The highest BCUT2D eigenvalue weighted by Crippen LogP contribution is 2.38. The van der Waals surface area contributed by atoms with Crippen LogP contribution in [0.4, 0.5) is 0 Å². The van der Waals surface area contributed by atoms with Gasteiger partial charge in [0.15, 0.2) is 11.5 Å². The van der Waals surface area contributed by atoms with Gasteiger partial charge in [-0.1, -0.05) is 18.2 Å². The Kier molecular flexibility index (Phi) is 6.84. The molecule has 3 aromatic rings. The molecule has 0 spiro atoms. The Morgan fingerprint density at radius 3 is 2.55 bits per heavy atom. The van der Waals surface area contributed by atoms with Gasteiger partial charge in [0, 0.05) is 26.2 Å². The van der Waals surface area contributed by atoms with Crippen LogP contribution in [-0.2, 0) is 17.9 Å². The van der Waals surface area contributed by atoms with E-state index >= 15 is 0 Å². The van der Waals surface area contributed by atoms with Crippen molar-refractivity contribution < 1.29 is 23.4 Å². The fourth-order valence-electron chi connectivity index (χ4n) is 4.01. The molecule has 0 saturated carbocycles. The number of oxazole rings is 1. The van der Waals surface area contributed by atoms with E-state index in [-0.39, 0.29) is 5.91 Å². The zero-order valence-corrected chi connectivity index (χ0v) is 19.5. The van der Waals surface area contributed by atoms with Gasteiger partial charge >= 0.3 is 0 Å². The van der Waals surface area contributed by atoms with Crippen molar-refractivity contribution >= 4 is 5.91 Å². The summed E-state index contributed by atoms with van der Waals surface area (Å²) in [4.78, 5) is 21.5. The van der Waals surface area contributed by atoms with E-state index in [1.807, 2.05) is 54.3 Å². The van der Waals surface area contributed by atoms with E-state index in [1.54, 1.807) is 21.3 Å². The number of para-hydroxylation sites is 1. The lowest BCUT2D eigenvalue weighted by molar-refractivity contribution is -0.136.